The van der Waals surface area contributed by atoms with E-state index in [0.29, 0.717) is 24.0 Å². The molecule has 0 radical (unpaired) electrons. The molecule has 1 aromatic rings. The molecular weight excluding hydrogens is 450 g/mol. The van der Waals surface area contributed by atoms with E-state index in [-0.39, 0.29) is 23.7 Å². The first kappa shape index (κ1) is 26.8. The van der Waals surface area contributed by atoms with Gasteiger partial charge < -0.3 is 30.5 Å². The maximum atomic E-state index is 13.7. The fraction of sp³-hybridized carbons (Fsp3) is 0.654. The summed E-state index contributed by atoms with van der Waals surface area (Å²) in [5.74, 6) is -1.01. The Bertz CT molecular complexity index is 918. The molecule has 2 saturated carbocycles. The summed E-state index contributed by atoms with van der Waals surface area (Å²) >= 11 is 0. The third kappa shape index (κ3) is 7.10. The molecule has 2 aliphatic rings. The summed E-state index contributed by atoms with van der Waals surface area (Å²) in [5.41, 5.74) is 0.137. The lowest BCUT2D eigenvalue weighted by Gasteiger charge is -2.36. The molecule has 2 unspecified atom stereocenters. The molecule has 2 atom stereocenters. The number of phenols is 1. The molecule has 0 aliphatic heterocycles. The summed E-state index contributed by atoms with van der Waals surface area (Å²) in [6, 6.07) is 2.51. The van der Waals surface area contributed by atoms with E-state index in [1.807, 2.05) is 0 Å². The second kappa shape index (κ2) is 11.3. The van der Waals surface area contributed by atoms with Crippen molar-refractivity contribution in [1.29, 1.82) is 0 Å². The lowest BCUT2D eigenvalue weighted by Crippen LogP contribution is -2.55. The largest absolute Gasteiger partial charge is 0.507 e. The number of phenolic OH excluding ortho intramolecular Hbond substituents is 1. The molecule has 3 amide bonds. The highest BCUT2D eigenvalue weighted by molar-refractivity contribution is 5.93. The van der Waals surface area contributed by atoms with Gasteiger partial charge in [-0.1, -0.05) is 37.5 Å². The molecule has 2 fully saturated rings. The Morgan fingerprint density at radius 1 is 1.11 bits per heavy atom. The Labute approximate surface area is 207 Å². The van der Waals surface area contributed by atoms with Crippen molar-refractivity contribution in [3.63, 3.8) is 0 Å². The van der Waals surface area contributed by atoms with E-state index in [4.69, 9.17) is 4.74 Å². The topological polar surface area (TPSA) is 128 Å². The number of alkyl carbamates (subject to hydrolysis) is 1. The summed E-state index contributed by atoms with van der Waals surface area (Å²) in [6.45, 7) is 6.18. The molecule has 9 heteroatoms. The van der Waals surface area contributed by atoms with Gasteiger partial charge in [-0.25, -0.2) is 4.79 Å². The number of benzene rings is 1. The van der Waals surface area contributed by atoms with Gasteiger partial charge in [-0.2, -0.15) is 0 Å². The average molecular weight is 490 g/mol. The van der Waals surface area contributed by atoms with Crippen LogP contribution in [0.25, 0.3) is 0 Å². The summed E-state index contributed by atoms with van der Waals surface area (Å²) < 4.78 is 5.25. The lowest BCUT2D eigenvalue weighted by atomic mass is 9.94. The molecule has 0 heterocycles. The third-order valence-electron chi connectivity index (χ3n) is 6.41. The van der Waals surface area contributed by atoms with Gasteiger partial charge in [0.15, 0.2) is 0 Å². The first-order valence-corrected chi connectivity index (χ1v) is 12.5. The maximum Gasteiger partial charge on any atom is 0.408 e. The predicted octanol–water partition coefficient (Wildman–Crippen LogP) is 3.07. The minimum atomic E-state index is -1.29. The van der Waals surface area contributed by atoms with Crippen molar-refractivity contribution in [2.45, 2.75) is 102 Å². The van der Waals surface area contributed by atoms with Crippen LogP contribution in [0.5, 0.6) is 5.75 Å². The monoisotopic (exact) mass is 489 g/mol. The van der Waals surface area contributed by atoms with Gasteiger partial charge in [0.05, 0.1) is 6.61 Å². The minimum absolute atomic E-state index is 0.00962. The van der Waals surface area contributed by atoms with Crippen molar-refractivity contribution in [3.05, 3.63) is 29.3 Å². The number of aliphatic hydroxyl groups excluding tert-OH is 1. The number of rotatable bonds is 8. The van der Waals surface area contributed by atoms with Crippen LogP contribution in [-0.4, -0.2) is 63.4 Å². The molecule has 194 valence electrons. The van der Waals surface area contributed by atoms with Crippen LogP contribution in [0.3, 0.4) is 0 Å². The zero-order valence-electron chi connectivity index (χ0n) is 21.2. The number of carbonyl (C=O) groups excluding carboxylic acids is 3. The number of hydrogen-bond donors (Lipinski definition) is 4. The van der Waals surface area contributed by atoms with Crippen molar-refractivity contribution < 1.29 is 29.3 Å². The van der Waals surface area contributed by atoms with E-state index in [1.165, 1.54) is 4.90 Å². The number of ether oxygens (including phenoxy) is 1. The average Bonchev–Trinajstić information content (AvgIpc) is 3.62. The Morgan fingerprint density at radius 3 is 2.34 bits per heavy atom. The van der Waals surface area contributed by atoms with Crippen LogP contribution >= 0.6 is 0 Å². The first-order chi connectivity index (χ1) is 16.5. The molecule has 2 aliphatic carbocycles. The number of para-hydroxylation sites is 1. The number of amides is 3. The zero-order valence-corrected chi connectivity index (χ0v) is 21.2. The van der Waals surface area contributed by atoms with Crippen LogP contribution in [0, 0.1) is 6.92 Å². The van der Waals surface area contributed by atoms with Crippen molar-refractivity contribution >= 4 is 17.9 Å². The van der Waals surface area contributed by atoms with Gasteiger partial charge in [-0.15, -0.1) is 0 Å². The van der Waals surface area contributed by atoms with E-state index in [9.17, 15) is 24.6 Å². The van der Waals surface area contributed by atoms with E-state index in [2.05, 4.69) is 10.6 Å². The van der Waals surface area contributed by atoms with Gasteiger partial charge in [0.1, 0.15) is 23.4 Å². The van der Waals surface area contributed by atoms with E-state index >= 15 is 0 Å². The second-order valence-corrected chi connectivity index (χ2v) is 10.6. The number of aliphatic hydroxyl groups is 1. The summed E-state index contributed by atoms with van der Waals surface area (Å²) in [4.78, 5) is 41.1. The number of nitrogens with zero attached hydrogens (tertiary/aromatic N) is 1. The Balaban J connectivity index is 1.93. The Kier molecular flexibility index (Phi) is 8.64. The predicted molar refractivity (Wildman–Crippen MR) is 131 cm³/mol. The standard InChI is InChI=1S/C26H39N3O6/c1-16-9-8-12-19(22(16)31)21(23(32)27-17-10-6-5-7-11-17)29(18-13-14-18)24(33)20(15-30)28-25(34)35-26(2,3)4/h8-9,12,17-18,20-21,30-31H,5-7,10-11,13-15H2,1-4H3,(H,27,32)(H,28,34). The number of carbonyl (C=O) groups is 3. The third-order valence-corrected chi connectivity index (χ3v) is 6.41. The zero-order chi connectivity index (χ0) is 25.8. The minimum Gasteiger partial charge on any atom is -0.507 e. The van der Waals surface area contributed by atoms with Crippen LogP contribution in [0.15, 0.2) is 18.2 Å². The molecule has 0 bridgehead atoms. The van der Waals surface area contributed by atoms with Crippen LogP contribution in [0.4, 0.5) is 4.79 Å². The lowest BCUT2D eigenvalue weighted by molar-refractivity contribution is -0.144. The molecule has 3 rings (SSSR count). The number of aromatic hydroxyl groups is 1. The fourth-order valence-electron chi connectivity index (χ4n) is 4.53. The van der Waals surface area contributed by atoms with E-state index in [1.54, 1.807) is 45.9 Å². The molecule has 35 heavy (non-hydrogen) atoms. The van der Waals surface area contributed by atoms with Gasteiger partial charge in [0, 0.05) is 17.6 Å². The molecule has 0 aromatic heterocycles. The summed E-state index contributed by atoms with van der Waals surface area (Å²) in [5, 5.41) is 26.4. The van der Waals surface area contributed by atoms with E-state index < -0.39 is 36.3 Å². The van der Waals surface area contributed by atoms with Gasteiger partial charge in [-0.3, -0.25) is 9.59 Å². The number of aryl methyl sites for hydroxylation is 1. The van der Waals surface area contributed by atoms with Gasteiger partial charge >= 0.3 is 6.09 Å². The maximum absolute atomic E-state index is 13.7. The summed E-state index contributed by atoms with van der Waals surface area (Å²) in [7, 11) is 0. The SMILES string of the molecule is Cc1cccc(C(C(=O)NC2CCCCC2)N(C(=O)C(CO)NC(=O)OC(C)(C)C)C2CC2)c1O. The van der Waals surface area contributed by atoms with Crippen LogP contribution in [-0.2, 0) is 14.3 Å². The Morgan fingerprint density at radius 2 is 1.77 bits per heavy atom. The van der Waals surface area contributed by atoms with Crippen LogP contribution in [0.1, 0.15) is 82.9 Å². The van der Waals surface area contributed by atoms with Gasteiger partial charge in [0.2, 0.25) is 11.8 Å². The second-order valence-electron chi connectivity index (χ2n) is 10.6. The van der Waals surface area contributed by atoms with Crippen molar-refractivity contribution in [2.75, 3.05) is 6.61 Å². The fourth-order valence-corrected chi connectivity index (χ4v) is 4.53. The highest BCUT2D eigenvalue weighted by atomic mass is 16.6. The molecule has 0 saturated heterocycles. The van der Waals surface area contributed by atoms with Crippen LogP contribution in [0.2, 0.25) is 0 Å². The quantitative estimate of drug-likeness (QED) is 0.444. The normalized spacial score (nSPS) is 18.3. The molecule has 4 N–H and O–H groups in total. The van der Waals surface area contributed by atoms with E-state index in [0.717, 1.165) is 32.1 Å². The van der Waals surface area contributed by atoms with Gasteiger partial charge in [0.25, 0.3) is 0 Å². The Hall–Kier alpha value is -2.81. The van der Waals surface area contributed by atoms with Gasteiger partial charge in [-0.05, 0) is 58.9 Å². The first-order valence-electron chi connectivity index (χ1n) is 12.5. The smallest absolute Gasteiger partial charge is 0.408 e. The molecule has 0 spiro atoms. The van der Waals surface area contributed by atoms with Crippen LogP contribution < -0.4 is 10.6 Å². The highest BCUT2D eigenvalue weighted by Crippen LogP contribution is 2.39. The molecular formula is C26H39N3O6. The number of hydrogen-bond acceptors (Lipinski definition) is 6. The highest BCUT2D eigenvalue weighted by Gasteiger charge is 2.45. The molecule has 1 aromatic carbocycles. The summed E-state index contributed by atoms with van der Waals surface area (Å²) in [6.07, 6.45) is 5.49. The van der Waals surface area contributed by atoms with Crippen molar-refractivity contribution in [2.24, 2.45) is 0 Å². The van der Waals surface area contributed by atoms with Crippen molar-refractivity contribution in [1.82, 2.24) is 15.5 Å². The molecule has 9 nitrogen and oxygen atoms in total. The number of nitrogens with one attached hydrogen (secondary N) is 2. The van der Waals surface area contributed by atoms with Crippen molar-refractivity contribution in [3.8, 4) is 5.75 Å².